The van der Waals surface area contributed by atoms with E-state index in [9.17, 15) is 0 Å². The van der Waals surface area contributed by atoms with Gasteiger partial charge < -0.3 is 0 Å². The SMILES string of the molecule is Cc1cccc(-c2n[nH]c(C3CCC(C)CC3)c2Cl)c1. The van der Waals surface area contributed by atoms with Gasteiger partial charge in [0.2, 0.25) is 0 Å². The Morgan fingerprint density at radius 1 is 1.20 bits per heavy atom. The molecule has 0 radical (unpaired) electrons. The summed E-state index contributed by atoms with van der Waals surface area (Å²) in [6.07, 6.45) is 5.02. The molecule has 1 N–H and O–H groups in total. The van der Waals surface area contributed by atoms with Crippen molar-refractivity contribution in [1.29, 1.82) is 0 Å². The largest absolute Gasteiger partial charge is 0.280 e. The van der Waals surface area contributed by atoms with Gasteiger partial charge in [-0.05, 0) is 31.7 Å². The zero-order valence-corrected chi connectivity index (χ0v) is 12.9. The third kappa shape index (κ3) is 2.62. The molecule has 0 saturated heterocycles. The van der Waals surface area contributed by atoms with Crippen LogP contribution in [0.25, 0.3) is 11.3 Å². The molecule has 1 aromatic carbocycles. The molecular formula is C17H21ClN2. The Hall–Kier alpha value is -1.28. The number of nitrogens with zero attached hydrogens (tertiary/aromatic N) is 1. The van der Waals surface area contributed by atoms with E-state index in [1.807, 2.05) is 0 Å². The molecule has 20 heavy (non-hydrogen) atoms. The Morgan fingerprint density at radius 2 is 1.95 bits per heavy atom. The van der Waals surface area contributed by atoms with Crippen LogP contribution in [0.3, 0.4) is 0 Å². The maximum Gasteiger partial charge on any atom is 0.111 e. The number of halogens is 1. The van der Waals surface area contributed by atoms with E-state index < -0.39 is 0 Å². The first kappa shape index (κ1) is 13.7. The number of aromatic nitrogens is 2. The van der Waals surface area contributed by atoms with E-state index in [-0.39, 0.29) is 0 Å². The van der Waals surface area contributed by atoms with E-state index in [0.717, 1.165) is 27.9 Å². The summed E-state index contributed by atoms with van der Waals surface area (Å²) in [5.41, 5.74) is 4.36. The number of rotatable bonds is 2. The molecular weight excluding hydrogens is 268 g/mol. The summed E-state index contributed by atoms with van der Waals surface area (Å²) in [5, 5.41) is 8.47. The molecule has 1 aliphatic carbocycles. The van der Waals surface area contributed by atoms with Gasteiger partial charge in [-0.1, -0.05) is 55.1 Å². The molecule has 1 fully saturated rings. The highest BCUT2D eigenvalue weighted by Gasteiger charge is 2.25. The molecule has 1 saturated carbocycles. The number of H-pyrrole nitrogens is 1. The zero-order chi connectivity index (χ0) is 14.1. The first-order valence-electron chi connectivity index (χ1n) is 7.46. The molecule has 106 valence electrons. The second-order valence-electron chi connectivity index (χ2n) is 6.13. The van der Waals surface area contributed by atoms with Gasteiger partial charge in [0, 0.05) is 11.5 Å². The van der Waals surface area contributed by atoms with Crippen LogP contribution < -0.4 is 0 Å². The molecule has 0 unspecified atom stereocenters. The van der Waals surface area contributed by atoms with Gasteiger partial charge in [-0.2, -0.15) is 5.10 Å². The zero-order valence-electron chi connectivity index (χ0n) is 12.1. The van der Waals surface area contributed by atoms with Crippen molar-refractivity contribution in [3.05, 3.63) is 40.5 Å². The van der Waals surface area contributed by atoms with Crippen molar-refractivity contribution in [3.8, 4) is 11.3 Å². The van der Waals surface area contributed by atoms with E-state index in [1.165, 1.54) is 31.2 Å². The smallest absolute Gasteiger partial charge is 0.111 e. The highest BCUT2D eigenvalue weighted by Crippen LogP contribution is 2.40. The first-order chi connectivity index (χ1) is 9.65. The molecule has 0 bridgehead atoms. The van der Waals surface area contributed by atoms with E-state index in [0.29, 0.717) is 5.92 Å². The van der Waals surface area contributed by atoms with Crippen molar-refractivity contribution in [1.82, 2.24) is 10.2 Å². The van der Waals surface area contributed by atoms with Crippen LogP contribution in [0.1, 0.15) is 49.8 Å². The molecule has 0 aliphatic heterocycles. The molecule has 3 heteroatoms. The van der Waals surface area contributed by atoms with Gasteiger partial charge >= 0.3 is 0 Å². The van der Waals surface area contributed by atoms with Crippen LogP contribution in [-0.4, -0.2) is 10.2 Å². The first-order valence-corrected chi connectivity index (χ1v) is 7.83. The fourth-order valence-electron chi connectivity index (χ4n) is 3.14. The van der Waals surface area contributed by atoms with E-state index in [1.54, 1.807) is 0 Å². The normalized spacial score (nSPS) is 22.9. The molecule has 1 heterocycles. The second-order valence-corrected chi connectivity index (χ2v) is 6.50. The Labute approximate surface area is 125 Å². The van der Waals surface area contributed by atoms with E-state index >= 15 is 0 Å². The van der Waals surface area contributed by atoms with Crippen molar-refractivity contribution >= 4 is 11.6 Å². The van der Waals surface area contributed by atoms with Gasteiger partial charge in [-0.3, -0.25) is 5.10 Å². The Balaban J connectivity index is 1.89. The van der Waals surface area contributed by atoms with Gasteiger partial charge in [0.1, 0.15) is 5.69 Å². The molecule has 0 amide bonds. The Kier molecular flexibility index (Phi) is 3.84. The predicted octanol–water partition coefficient (Wildman–Crippen LogP) is 5.33. The van der Waals surface area contributed by atoms with Crippen LogP contribution >= 0.6 is 11.6 Å². The van der Waals surface area contributed by atoms with Gasteiger partial charge in [0.25, 0.3) is 0 Å². The lowest BCUT2D eigenvalue weighted by Gasteiger charge is -2.25. The average molecular weight is 289 g/mol. The maximum absolute atomic E-state index is 6.59. The number of aromatic amines is 1. The molecule has 2 aromatic rings. The monoisotopic (exact) mass is 288 g/mol. The van der Waals surface area contributed by atoms with Crippen molar-refractivity contribution in [3.63, 3.8) is 0 Å². The third-order valence-corrected chi connectivity index (χ3v) is 4.83. The highest BCUT2D eigenvalue weighted by molar-refractivity contribution is 6.33. The summed E-state index contributed by atoms with van der Waals surface area (Å²) in [7, 11) is 0. The Bertz CT molecular complexity index is 595. The Morgan fingerprint density at radius 3 is 2.65 bits per heavy atom. The minimum Gasteiger partial charge on any atom is -0.280 e. The molecule has 1 aliphatic rings. The number of benzene rings is 1. The summed E-state index contributed by atoms with van der Waals surface area (Å²) >= 11 is 6.59. The molecule has 2 nitrogen and oxygen atoms in total. The number of hydrogen-bond donors (Lipinski definition) is 1. The summed E-state index contributed by atoms with van der Waals surface area (Å²) in [6.45, 7) is 4.43. The topological polar surface area (TPSA) is 28.7 Å². The number of hydrogen-bond acceptors (Lipinski definition) is 1. The summed E-state index contributed by atoms with van der Waals surface area (Å²) in [5.74, 6) is 1.40. The van der Waals surface area contributed by atoms with Crippen LogP contribution in [-0.2, 0) is 0 Å². The van der Waals surface area contributed by atoms with Crippen molar-refractivity contribution in [2.45, 2.75) is 45.4 Å². The lowest BCUT2D eigenvalue weighted by atomic mass is 9.81. The van der Waals surface area contributed by atoms with Crippen molar-refractivity contribution in [2.75, 3.05) is 0 Å². The number of nitrogens with one attached hydrogen (secondary N) is 1. The predicted molar refractivity (Wildman–Crippen MR) is 84.1 cm³/mol. The van der Waals surface area contributed by atoms with Crippen molar-refractivity contribution < 1.29 is 0 Å². The van der Waals surface area contributed by atoms with Crippen LogP contribution in [0.4, 0.5) is 0 Å². The van der Waals surface area contributed by atoms with Gasteiger partial charge in [-0.15, -0.1) is 0 Å². The van der Waals surface area contributed by atoms with Gasteiger partial charge in [0.05, 0.1) is 10.7 Å². The summed E-state index contributed by atoms with van der Waals surface area (Å²) < 4.78 is 0. The second kappa shape index (κ2) is 5.61. The van der Waals surface area contributed by atoms with Crippen LogP contribution in [0.15, 0.2) is 24.3 Å². The summed E-state index contributed by atoms with van der Waals surface area (Å²) in [4.78, 5) is 0. The van der Waals surface area contributed by atoms with Gasteiger partial charge in [0.15, 0.2) is 0 Å². The third-order valence-electron chi connectivity index (χ3n) is 4.45. The molecule has 3 rings (SSSR count). The van der Waals surface area contributed by atoms with Crippen LogP contribution in [0, 0.1) is 12.8 Å². The lowest BCUT2D eigenvalue weighted by molar-refractivity contribution is 0.344. The minimum absolute atomic E-state index is 0.546. The molecule has 0 spiro atoms. The average Bonchev–Trinajstić information content (AvgIpc) is 2.82. The van der Waals surface area contributed by atoms with Crippen LogP contribution in [0.2, 0.25) is 5.02 Å². The minimum atomic E-state index is 0.546. The summed E-state index contributed by atoms with van der Waals surface area (Å²) in [6, 6.07) is 8.35. The van der Waals surface area contributed by atoms with Crippen molar-refractivity contribution in [2.24, 2.45) is 5.92 Å². The fourth-order valence-corrected chi connectivity index (χ4v) is 3.49. The standard InChI is InChI=1S/C17H21ClN2/c1-11-6-8-13(9-7-11)16-15(18)17(20-19-16)14-5-3-4-12(2)10-14/h3-5,10-11,13H,6-9H2,1-2H3,(H,19,20). The van der Waals surface area contributed by atoms with E-state index in [4.69, 9.17) is 11.6 Å². The maximum atomic E-state index is 6.59. The van der Waals surface area contributed by atoms with Gasteiger partial charge in [-0.25, -0.2) is 0 Å². The van der Waals surface area contributed by atoms with E-state index in [2.05, 4.69) is 48.3 Å². The van der Waals surface area contributed by atoms with Crippen LogP contribution in [0.5, 0.6) is 0 Å². The number of aryl methyl sites for hydroxylation is 1. The molecule has 1 aromatic heterocycles. The quantitative estimate of drug-likeness (QED) is 0.795. The highest BCUT2D eigenvalue weighted by atomic mass is 35.5. The molecule has 0 atom stereocenters. The lowest BCUT2D eigenvalue weighted by Crippen LogP contribution is -2.11. The fraction of sp³-hybridized carbons (Fsp3) is 0.471.